The molecule has 0 saturated heterocycles. The molecule has 1 aliphatic rings. The molecule has 2 rings (SSSR count). The largest absolute Gasteiger partial charge is 0.486 e. The number of nitrogens with two attached hydrogens (primary N) is 1. The van der Waals surface area contributed by atoms with E-state index in [-0.39, 0.29) is 12.0 Å². The minimum Gasteiger partial charge on any atom is -0.486 e. The van der Waals surface area contributed by atoms with Crippen molar-refractivity contribution in [2.75, 3.05) is 5.32 Å². The van der Waals surface area contributed by atoms with Crippen LogP contribution in [0.3, 0.4) is 0 Å². The van der Waals surface area contributed by atoms with Gasteiger partial charge in [-0.25, -0.2) is 0 Å². The molecule has 2 atom stereocenters. The summed E-state index contributed by atoms with van der Waals surface area (Å²) in [7, 11) is 0. The number of benzene rings is 1. The first kappa shape index (κ1) is 9.98. The van der Waals surface area contributed by atoms with Gasteiger partial charge in [0.05, 0.1) is 5.69 Å². The third kappa shape index (κ3) is 1.80. The molecule has 80 valence electrons. The van der Waals surface area contributed by atoms with Gasteiger partial charge >= 0.3 is 0 Å². The molecule has 0 unspecified atom stereocenters. The van der Waals surface area contributed by atoms with Crippen molar-refractivity contribution in [3.8, 4) is 5.75 Å². The number of anilines is 1. The van der Waals surface area contributed by atoms with Crippen LogP contribution >= 0.6 is 0 Å². The molecule has 0 fully saturated rings. The third-order valence-corrected chi connectivity index (χ3v) is 2.52. The monoisotopic (exact) mass is 206 g/mol. The summed E-state index contributed by atoms with van der Waals surface area (Å²) < 4.78 is 5.61. The highest BCUT2D eigenvalue weighted by atomic mass is 16.5. The van der Waals surface area contributed by atoms with Crippen molar-refractivity contribution >= 4 is 11.6 Å². The Balaban J connectivity index is 2.42. The maximum Gasteiger partial charge on any atom is 0.245 e. The quantitative estimate of drug-likeness (QED) is 0.666. The molecule has 15 heavy (non-hydrogen) atoms. The standard InChI is InChI=1S/C11H14N2O2/c1-6-3-4-8-9(5-6)15-7(2)10(12)11(14)13-8/h3-5,7,10H,12H2,1-2H3,(H,13,14)/t7-,10-/m0/s1. The van der Waals surface area contributed by atoms with Crippen LogP contribution in [0.4, 0.5) is 5.69 Å². The Morgan fingerprint density at radius 2 is 2.20 bits per heavy atom. The minimum atomic E-state index is -0.627. The van der Waals surface area contributed by atoms with E-state index in [1.807, 2.05) is 25.1 Å². The zero-order valence-corrected chi connectivity index (χ0v) is 8.78. The molecule has 0 radical (unpaired) electrons. The molecular weight excluding hydrogens is 192 g/mol. The molecular formula is C11H14N2O2. The van der Waals surface area contributed by atoms with Crippen LogP contribution in [-0.2, 0) is 4.79 Å². The van der Waals surface area contributed by atoms with Crippen LogP contribution in [0, 0.1) is 6.92 Å². The Morgan fingerprint density at radius 3 is 2.93 bits per heavy atom. The van der Waals surface area contributed by atoms with Crippen LogP contribution in [-0.4, -0.2) is 18.1 Å². The molecule has 0 aromatic heterocycles. The van der Waals surface area contributed by atoms with Crippen molar-refractivity contribution in [3.63, 3.8) is 0 Å². The average molecular weight is 206 g/mol. The molecule has 1 aromatic carbocycles. The highest BCUT2D eigenvalue weighted by Gasteiger charge is 2.27. The van der Waals surface area contributed by atoms with Crippen LogP contribution in [0.5, 0.6) is 5.75 Å². The van der Waals surface area contributed by atoms with Crippen LogP contribution in [0.25, 0.3) is 0 Å². The first-order chi connectivity index (χ1) is 7.08. The number of rotatable bonds is 0. The van der Waals surface area contributed by atoms with Crippen molar-refractivity contribution in [1.29, 1.82) is 0 Å². The summed E-state index contributed by atoms with van der Waals surface area (Å²) in [4.78, 5) is 11.6. The Kier molecular flexibility index (Phi) is 2.36. The van der Waals surface area contributed by atoms with Crippen LogP contribution < -0.4 is 15.8 Å². The van der Waals surface area contributed by atoms with Gasteiger partial charge < -0.3 is 15.8 Å². The summed E-state index contributed by atoms with van der Waals surface area (Å²) in [5.74, 6) is 0.480. The van der Waals surface area contributed by atoms with E-state index in [4.69, 9.17) is 10.5 Å². The summed E-state index contributed by atoms with van der Waals surface area (Å²) in [6, 6.07) is 5.01. The van der Waals surface area contributed by atoms with Gasteiger partial charge in [0.2, 0.25) is 5.91 Å². The van der Waals surface area contributed by atoms with Gasteiger partial charge in [-0.05, 0) is 31.5 Å². The van der Waals surface area contributed by atoms with E-state index in [1.165, 1.54) is 0 Å². The Bertz CT molecular complexity index is 404. The van der Waals surface area contributed by atoms with E-state index in [0.29, 0.717) is 11.4 Å². The van der Waals surface area contributed by atoms with Gasteiger partial charge in [-0.2, -0.15) is 0 Å². The van der Waals surface area contributed by atoms with Crippen molar-refractivity contribution in [2.24, 2.45) is 5.73 Å². The minimum absolute atomic E-state index is 0.204. The number of hydrogen-bond acceptors (Lipinski definition) is 3. The summed E-state index contributed by atoms with van der Waals surface area (Å²) in [6.45, 7) is 3.77. The smallest absolute Gasteiger partial charge is 0.245 e. The fourth-order valence-electron chi connectivity index (χ4n) is 1.53. The average Bonchev–Trinajstić information content (AvgIpc) is 2.29. The number of aryl methyl sites for hydroxylation is 1. The zero-order valence-electron chi connectivity index (χ0n) is 8.78. The fraction of sp³-hybridized carbons (Fsp3) is 0.364. The van der Waals surface area contributed by atoms with E-state index in [1.54, 1.807) is 6.92 Å². The summed E-state index contributed by atoms with van der Waals surface area (Å²) in [5.41, 5.74) is 7.48. The first-order valence-electron chi connectivity index (χ1n) is 4.91. The van der Waals surface area contributed by atoms with Crippen molar-refractivity contribution in [2.45, 2.75) is 26.0 Å². The van der Waals surface area contributed by atoms with E-state index < -0.39 is 6.04 Å². The Morgan fingerprint density at radius 1 is 1.47 bits per heavy atom. The lowest BCUT2D eigenvalue weighted by molar-refractivity contribution is -0.118. The lowest BCUT2D eigenvalue weighted by Gasteiger charge is -2.15. The van der Waals surface area contributed by atoms with E-state index in [9.17, 15) is 4.79 Å². The highest BCUT2D eigenvalue weighted by Crippen LogP contribution is 2.29. The van der Waals surface area contributed by atoms with Crippen molar-refractivity contribution in [1.82, 2.24) is 0 Å². The summed E-state index contributed by atoms with van der Waals surface area (Å²) >= 11 is 0. The maximum absolute atomic E-state index is 11.6. The second kappa shape index (κ2) is 3.55. The highest BCUT2D eigenvalue weighted by molar-refractivity contribution is 5.97. The fourth-order valence-corrected chi connectivity index (χ4v) is 1.53. The third-order valence-electron chi connectivity index (χ3n) is 2.52. The molecule has 4 heteroatoms. The van der Waals surface area contributed by atoms with Gasteiger partial charge in [0, 0.05) is 0 Å². The molecule has 0 aliphatic carbocycles. The second-order valence-electron chi connectivity index (χ2n) is 3.84. The van der Waals surface area contributed by atoms with E-state index in [2.05, 4.69) is 5.32 Å². The molecule has 0 spiro atoms. The zero-order chi connectivity index (χ0) is 11.0. The molecule has 0 saturated carbocycles. The normalized spacial score (nSPS) is 24.9. The number of ether oxygens (including phenoxy) is 1. The van der Waals surface area contributed by atoms with Gasteiger partial charge in [-0.1, -0.05) is 6.07 Å². The predicted molar refractivity (Wildman–Crippen MR) is 57.9 cm³/mol. The van der Waals surface area contributed by atoms with Gasteiger partial charge in [0.25, 0.3) is 0 Å². The predicted octanol–water partition coefficient (Wildman–Crippen LogP) is 1.04. The van der Waals surface area contributed by atoms with Gasteiger partial charge in [-0.3, -0.25) is 4.79 Å². The summed E-state index contributed by atoms with van der Waals surface area (Å²) in [5, 5.41) is 2.74. The number of carbonyl (C=O) groups is 1. The van der Waals surface area contributed by atoms with Crippen LogP contribution in [0.2, 0.25) is 0 Å². The van der Waals surface area contributed by atoms with Gasteiger partial charge in [0.1, 0.15) is 17.9 Å². The maximum atomic E-state index is 11.6. The number of nitrogens with one attached hydrogen (secondary N) is 1. The van der Waals surface area contributed by atoms with Crippen LogP contribution in [0.15, 0.2) is 18.2 Å². The SMILES string of the molecule is Cc1ccc2c(c1)O[C@@H](C)[C@H](N)C(=O)N2. The Labute approximate surface area is 88.4 Å². The van der Waals surface area contributed by atoms with Gasteiger partial charge in [-0.15, -0.1) is 0 Å². The summed E-state index contributed by atoms with van der Waals surface area (Å²) in [6.07, 6.45) is -0.312. The van der Waals surface area contributed by atoms with Gasteiger partial charge in [0.15, 0.2) is 0 Å². The molecule has 1 aliphatic heterocycles. The van der Waals surface area contributed by atoms with E-state index in [0.717, 1.165) is 5.56 Å². The van der Waals surface area contributed by atoms with E-state index >= 15 is 0 Å². The second-order valence-corrected chi connectivity index (χ2v) is 3.84. The number of carbonyl (C=O) groups excluding carboxylic acids is 1. The molecule has 0 bridgehead atoms. The lowest BCUT2D eigenvalue weighted by atomic mass is 10.2. The number of hydrogen-bond donors (Lipinski definition) is 2. The van der Waals surface area contributed by atoms with Crippen LogP contribution in [0.1, 0.15) is 12.5 Å². The Hall–Kier alpha value is -1.55. The van der Waals surface area contributed by atoms with Crippen molar-refractivity contribution < 1.29 is 9.53 Å². The molecule has 1 heterocycles. The lowest BCUT2D eigenvalue weighted by Crippen LogP contribution is -2.44. The molecule has 1 amide bonds. The van der Waals surface area contributed by atoms with Crippen molar-refractivity contribution in [3.05, 3.63) is 23.8 Å². The molecule has 1 aromatic rings. The molecule has 3 N–H and O–H groups in total. The first-order valence-corrected chi connectivity index (χ1v) is 4.91. The number of amides is 1. The number of fused-ring (bicyclic) bond motifs is 1. The topological polar surface area (TPSA) is 64.3 Å². The molecule has 4 nitrogen and oxygen atoms in total.